The maximum Gasteiger partial charge on any atom is 0.339 e. The molecule has 0 bridgehead atoms. The van der Waals surface area contributed by atoms with E-state index in [9.17, 15) is 4.79 Å². The van der Waals surface area contributed by atoms with E-state index in [0.717, 1.165) is 13.0 Å². The average Bonchev–Trinajstić information content (AvgIpc) is 2.87. The third-order valence-corrected chi connectivity index (χ3v) is 3.60. The number of anilines is 1. The van der Waals surface area contributed by atoms with Crippen molar-refractivity contribution in [1.82, 2.24) is 14.8 Å². The summed E-state index contributed by atoms with van der Waals surface area (Å²) < 4.78 is 7.51. The van der Waals surface area contributed by atoms with Crippen LogP contribution in [0.1, 0.15) is 29.5 Å². The van der Waals surface area contributed by atoms with E-state index in [2.05, 4.69) is 26.0 Å². The molecule has 0 unspecified atom stereocenters. The van der Waals surface area contributed by atoms with E-state index in [4.69, 9.17) is 10.5 Å². The number of nitrogen functional groups attached to an aromatic ring is 1. The van der Waals surface area contributed by atoms with Gasteiger partial charge in [-0.3, -0.25) is 0 Å². The number of esters is 1. The number of carbonyl (C=O) groups excluding carboxylic acids is 1. The number of aromatic nitrogens is 3. The molecule has 2 aromatic rings. The SMILES string of the molecule is CCCn1ncnc1COC(=O)c1cccc(N)c1Br. The van der Waals surface area contributed by atoms with Crippen LogP contribution in [-0.2, 0) is 17.9 Å². The van der Waals surface area contributed by atoms with Crippen LogP contribution in [0.5, 0.6) is 0 Å². The first-order chi connectivity index (χ1) is 9.63. The van der Waals surface area contributed by atoms with Gasteiger partial charge in [-0.2, -0.15) is 5.10 Å². The fraction of sp³-hybridized carbons (Fsp3) is 0.308. The zero-order chi connectivity index (χ0) is 14.5. The van der Waals surface area contributed by atoms with E-state index in [1.54, 1.807) is 22.9 Å². The molecule has 0 spiro atoms. The van der Waals surface area contributed by atoms with Crippen LogP contribution in [0.2, 0.25) is 0 Å². The summed E-state index contributed by atoms with van der Waals surface area (Å²) in [5.41, 5.74) is 6.62. The quantitative estimate of drug-likeness (QED) is 0.668. The molecule has 1 heterocycles. The second-order valence-corrected chi connectivity index (χ2v) is 4.98. The molecule has 0 atom stereocenters. The Morgan fingerprint density at radius 2 is 2.30 bits per heavy atom. The lowest BCUT2D eigenvalue weighted by atomic mass is 10.2. The highest BCUT2D eigenvalue weighted by molar-refractivity contribution is 9.10. The standard InChI is InChI=1S/C13H15BrN4O2/c1-2-6-18-11(16-8-17-18)7-20-13(19)9-4-3-5-10(15)12(9)14/h3-5,8H,2,6-7,15H2,1H3. The minimum atomic E-state index is -0.449. The highest BCUT2D eigenvalue weighted by Gasteiger charge is 2.14. The van der Waals surface area contributed by atoms with Gasteiger partial charge in [-0.05, 0) is 34.5 Å². The molecule has 2 N–H and O–H groups in total. The zero-order valence-corrected chi connectivity index (χ0v) is 12.6. The van der Waals surface area contributed by atoms with Crippen molar-refractivity contribution in [3.63, 3.8) is 0 Å². The third-order valence-electron chi connectivity index (χ3n) is 2.71. The van der Waals surface area contributed by atoms with Crippen molar-refractivity contribution in [2.45, 2.75) is 26.5 Å². The van der Waals surface area contributed by atoms with Gasteiger partial charge in [-0.1, -0.05) is 13.0 Å². The largest absolute Gasteiger partial charge is 0.454 e. The van der Waals surface area contributed by atoms with Crippen LogP contribution < -0.4 is 5.73 Å². The second kappa shape index (κ2) is 6.51. The lowest BCUT2D eigenvalue weighted by Crippen LogP contribution is -2.11. The Hall–Kier alpha value is -1.89. The lowest BCUT2D eigenvalue weighted by Gasteiger charge is -2.08. The minimum Gasteiger partial charge on any atom is -0.454 e. The number of halogens is 1. The van der Waals surface area contributed by atoms with Crippen molar-refractivity contribution >= 4 is 27.6 Å². The molecule has 7 heteroatoms. The molecule has 0 radical (unpaired) electrons. The molecule has 0 aliphatic heterocycles. The van der Waals surface area contributed by atoms with Gasteiger partial charge in [0.1, 0.15) is 6.33 Å². The molecule has 20 heavy (non-hydrogen) atoms. The van der Waals surface area contributed by atoms with E-state index < -0.39 is 5.97 Å². The number of nitrogens with zero attached hydrogens (tertiary/aromatic N) is 3. The van der Waals surface area contributed by atoms with Gasteiger partial charge in [0.25, 0.3) is 0 Å². The summed E-state index contributed by atoms with van der Waals surface area (Å²) >= 11 is 3.28. The Balaban J connectivity index is 2.05. The van der Waals surface area contributed by atoms with Crippen LogP contribution in [0.3, 0.4) is 0 Å². The van der Waals surface area contributed by atoms with Crippen molar-refractivity contribution < 1.29 is 9.53 Å². The summed E-state index contributed by atoms with van der Waals surface area (Å²) in [4.78, 5) is 16.1. The first kappa shape index (κ1) is 14.5. The van der Waals surface area contributed by atoms with E-state index in [1.807, 2.05) is 6.92 Å². The number of rotatable bonds is 5. The summed E-state index contributed by atoms with van der Waals surface area (Å²) in [5, 5.41) is 4.07. The van der Waals surface area contributed by atoms with Crippen molar-refractivity contribution in [3.05, 3.63) is 40.4 Å². The number of benzene rings is 1. The summed E-state index contributed by atoms with van der Waals surface area (Å²) in [6.07, 6.45) is 2.39. The molecule has 0 aliphatic carbocycles. The van der Waals surface area contributed by atoms with Crippen molar-refractivity contribution in [2.75, 3.05) is 5.73 Å². The van der Waals surface area contributed by atoms with Gasteiger partial charge >= 0.3 is 5.97 Å². The van der Waals surface area contributed by atoms with Gasteiger partial charge in [0, 0.05) is 12.2 Å². The predicted molar refractivity (Wildman–Crippen MR) is 78.0 cm³/mol. The topological polar surface area (TPSA) is 83.0 Å². The Morgan fingerprint density at radius 1 is 1.50 bits per heavy atom. The minimum absolute atomic E-state index is 0.0834. The molecule has 6 nitrogen and oxygen atoms in total. The number of carbonyl (C=O) groups is 1. The molecule has 106 valence electrons. The van der Waals surface area contributed by atoms with E-state index in [-0.39, 0.29) is 6.61 Å². The van der Waals surface area contributed by atoms with Crippen LogP contribution in [0.15, 0.2) is 29.0 Å². The number of hydrogen-bond donors (Lipinski definition) is 1. The molecule has 0 saturated carbocycles. The van der Waals surface area contributed by atoms with Crippen molar-refractivity contribution in [2.24, 2.45) is 0 Å². The third kappa shape index (κ3) is 3.16. The zero-order valence-electron chi connectivity index (χ0n) is 11.0. The fourth-order valence-electron chi connectivity index (χ4n) is 1.71. The fourth-order valence-corrected chi connectivity index (χ4v) is 2.14. The smallest absolute Gasteiger partial charge is 0.339 e. The molecule has 2 rings (SSSR count). The van der Waals surface area contributed by atoms with Crippen molar-refractivity contribution in [3.8, 4) is 0 Å². The molecule has 0 fully saturated rings. The van der Waals surface area contributed by atoms with Gasteiger partial charge < -0.3 is 10.5 Å². The Bertz CT molecular complexity index is 612. The number of ether oxygens (including phenoxy) is 1. The molecule has 1 aromatic heterocycles. The Morgan fingerprint density at radius 3 is 3.05 bits per heavy atom. The summed E-state index contributed by atoms with van der Waals surface area (Å²) in [6, 6.07) is 5.06. The number of nitrogens with two attached hydrogens (primary N) is 1. The maximum atomic E-state index is 12.0. The molecule has 0 aliphatic rings. The molecule has 0 saturated heterocycles. The first-order valence-corrected chi connectivity index (χ1v) is 7.00. The van der Waals surface area contributed by atoms with Gasteiger partial charge in [0.2, 0.25) is 0 Å². The summed E-state index contributed by atoms with van der Waals surface area (Å²) in [5.74, 6) is 0.176. The maximum absolute atomic E-state index is 12.0. The van der Waals surface area contributed by atoms with E-state index in [1.165, 1.54) is 6.33 Å². The van der Waals surface area contributed by atoms with Crippen LogP contribution >= 0.6 is 15.9 Å². The molecular formula is C13H15BrN4O2. The molecule has 0 amide bonds. The van der Waals surface area contributed by atoms with Crippen LogP contribution in [-0.4, -0.2) is 20.7 Å². The molecule has 1 aromatic carbocycles. The predicted octanol–water partition coefficient (Wildman–Crippen LogP) is 2.39. The number of aryl methyl sites for hydroxylation is 1. The van der Waals surface area contributed by atoms with E-state index >= 15 is 0 Å². The summed E-state index contributed by atoms with van der Waals surface area (Å²) in [7, 11) is 0. The number of hydrogen-bond acceptors (Lipinski definition) is 5. The second-order valence-electron chi connectivity index (χ2n) is 4.18. The van der Waals surface area contributed by atoms with E-state index in [0.29, 0.717) is 21.5 Å². The lowest BCUT2D eigenvalue weighted by molar-refractivity contribution is 0.0455. The van der Waals surface area contributed by atoms with Gasteiger partial charge in [0.05, 0.1) is 10.0 Å². The normalized spacial score (nSPS) is 10.5. The monoisotopic (exact) mass is 338 g/mol. The van der Waals surface area contributed by atoms with Gasteiger partial charge in [-0.25, -0.2) is 14.5 Å². The first-order valence-electron chi connectivity index (χ1n) is 6.21. The molecular weight excluding hydrogens is 324 g/mol. The van der Waals surface area contributed by atoms with Crippen LogP contribution in [0, 0.1) is 0 Å². The average molecular weight is 339 g/mol. The van der Waals surface area contributed by atoms with Crippen LogP contribution in [0.4, 0.5) is 5.69 Å². The van der Waals surface area contributed by atoms with Gasteiger partial charge in [-0.15, -0.1) is 0 Å². The van der Waals surface area contributed by atoms with Crippen LogP contribution in [0.25, 0.3) is 0 Å². The van der Waals surface area contributed by atoms with Crippen molar-refractivity contribution in [1.29, 1.82) is 0 Å². The van der Waals surface area contributed by atoms with Gasteiger partial charge in [0.15, 0.2) is 12.4 Å². The highest BCUT2D eigenvalue weighted by atomic mass is 79.9. The Kier molecular flexibility index (Phi) is 4.73. The Labute approximate surface area is 125 Å². The highest BCUT2D eigenvalue weighted by Crippen LogP contribution is 2.24. The summed E-state index contributed by atoms with van der Waals surface area (Å²) in [6.45, 7) is 2.87.